The van der Waals surface area contributed by atoms with E-state index in [2.05, 4.69) is 47.4 Å². The summed E-state index contributed by atoms with van der Waals surface area (Å²) in [5, 5.41) is 40.4. The predicted octanol–water partition coefficient (Wildman–Crippen LogP) is 7.65. The van der Waals surface area contributed by atoms with Crippen molar-refractivity contribution in [2.24, 2.45) is 5.73 Å². The van der Waals surface area contributed by atoms with Crippen LogP contribution in [0.15, 0.2) is 77.8 Å². The average Bonchev–Trinajstić information content (AvgIpc) is 3.64. The molecule has 0 radical (unpaired) electrons. The fourth-order valence-corrected chi connectivity index (χ4v) is 10.6. The van der Waals surface area contributed by atoms with Crippen LogP contribution in [0.25, 0.3) is 0 Å². The number of carboxylic acids is 1. The summed E-state index contributed by atoms with van der Waals surface area (Å²) in [6, 6.07) is -0.0774. The van der Waals surface area contributed by atoms with Crippen LogP contribution in [0.4, 0.5) is 5.82 Å². The fraction of sp³-hybridized carbons (Fsp3) is 0.667. The van der Waals surface area contributed by atoms with Gasteiger partial charge in [0.25, 0.3) is 0 Å². The van der Waals surface area contributed by atoms with Gasteiger partial charge in [-0.15, -0.1) is 11.8 Å². The topological polar surface area (TPSA) is 349 Å². The standard InChI is InChI=1S/C51H84N4O18P2S/c1-3-5-7-9-11-13-15-17-19-21-23-25-27-32-46(59)71-39(36-69-74(64,65)73-75(66,67)70-37-42-47(60)48(61)49(72-42)55-34-33-44(53)54-51(55)63)35-68-50(62)40(52)38-76-43(41(56)29-28-31-45(57)58)30-26-24-22-20-18-16-14-12-10-8-6-4-2/h12-15,18,20,22,24,26,30,33-34,39-43,47-49,56,60-61H,3-11,16-17,19,21,23,25,27-29,31-32,35-38,52H2,1-2H3,(H,57,58)(H,64,65)(H,66,67)(H2,53,54,63)/b14-12-,15-13-,20-18-,24-22+,30-26+/t39-,40+,41+,42-,43-,47-,48-,49-/m1/s1. The van der Waals surface area contributed by atoms with Crippen molar-refractivity contribution in [3.63, 3.8) is 0 Å². The number of aromatic nitrogens is 2. The zero-order valence-corrected chi connectivity index (χ0v) is 46.6. The van der Waals surface area contributed by atoms with Crippen LogP contribution in [0.2, 0.25) is 0 Å². The number of aliphatic carboxylic acids is 1. The summed E-state index contributed by atoms with van der Waals surface area (Å²) in [5.74, 6) is -2.97. The molecular formula is C51H84N4O18P2S. The van der Waals surface area contributed by atoms with Crippen LogP contribution in [-0.4, -0.2) is 125 Å². The minimum atomic E-state index is -5.55. The van der Waals surface area contributed by atoms with Gasteiger partial charge < -0.3 is 55.9 Å². The molecule has 0 spiro atoms. The van der Waals surface area contributed by atoms with E-state index in [0.29, 0.717) is 12.8 Å². The number of hydrogen-bond acceptors (Lipinski definition) is 19. The van der Waals surface area contributed by atoms with Crippen LogP contribution >= 0.6 is 27.4 Å². The van der Waals surface area contributed by atoms with Crippen molar-refractivity contribution in [1.82, 2.24) is 9.55 Å². The molecule has 432 valence electrons. The molecule has 76 heavy (non-hydrogen) atoms. The number of carbonyl (C=O) groups is 3. The third-order valence-corrected chi connectivity index (χ3v) is 15.6. The number of nitrogens with zero attached hydrogens (tertiary/aromatic N) is 2. The van der Waals surface area contributed by atoms with E-state index in [0.717, 1.165) is 73.9 Å². The fourth-order valence-electron chi connectivity index (χ4n) is 7.34. The number of allylic oxidation sites excluding steroid dienone is 9. The number of nitrogens with two attached hydrogens (primary N) is 2. The van der Waals surface area contributed by atoms with Gasteiger partial charge >= 0.3 is 39.2 Å². The van der Waals surface area contributed by atoms with Gasteiger partial charge in [0.05, 0.1) is 19.3 Å². The van der Waals surface area contributed by atoms with Crippen LogP contribution in [0.5, 0.6) is 0 Å². The van der Waals surface area contributed by atoms with E-state index in [9.17, 15) is 53.4 Å². The Morgan fingerprint density at radius 1 is 0.816 bits per heavy atom. The Hall–Kier alpha value is -3.80. The number of carboxylic acid groups (broad SMARTS) is 1. The predicted molar refractivity (Wildman–Crippen MR) is 290 cm³/mol. The Morgan fingerprint density at radius 3 is 2.12 bits per heavy atom. The lowest BCUT2D eigenvalue weighted by atomic mass is 10.1. The first-order valence-electron chi connectivity index (χ1n) is 26.2. The zero-order valence-electron chi connectivity index (χ0n) is 44.0. The maximum atomic E-state index is 13.2. The molecule has 2 heterocycles. The number of esters is 2. The highest BCUT2D eigenvalue weighted by Crippen LogP contribution is 2.60. The number of anilines is 1. The number of nitrogen functional groups attached to an aromatic ring is 1. The second-order valence-electron chi connectivity index (χ2n) is 18.2. The minimum Gasteiger partial charge on any atom is -0.481 e. The SMILES string of the molecule is CCCCC/C=C\C\C=C/C=C/C=C/[C@@H](SC[C@H](N)C(=O)OC[C@H](COP(=O)(O)OP(=O)(O)OC[C@H]1O[C@@H](n2ccc(N)nc2=O)[C@H](O)[C@@H]1O)OC(=O)CCCCCCC/C=C\CCCCCC)[C@@H](O)CCCC(=O)O. The van der Waals surface area contributed by atoms with Gasteiger partial charge in [0.15, 0.2) is 12.3 Å². The second kappa shape index (κ2) is 39.5. The third-order valence-electron chi connectivity index (χ3n) is 11.6. The van der Waals surface area contributed by atoms with Crippen molar-refractivity contribution in [1.29, 1.82) is 0 Å². The van der Waals surface area contributed by atoms with Crippen LogP contribution in [0.1, 0.15) is 148 Å². The van der Waals surface area contributed by atoms with Gasteiger partial charge in [-0.1, -0.05) is 126 Å². The molecule has 1 saturated heterocycles. The summed E-state index contributed by atoms with van der Waals surface area (Å²) >= 11 is 1.12. The summed E-state index contributed by atoms with van der Waals surface area (Å²) in [6.07, 6.45) is 27.8. The molecule has 1 aromatic rings. The van der Waals surface area contributed by atoms with E-state index < -0.39 is 107 Å². The summed E-state index contributed by atoms with van der Waals surface area (Å²) in [5.41, 5.74) is 10.7. The molecule has 1 aliphatic heterocycles. The number of carbonyl (C=O) groups excluding carboxylic acids is 2. The van der Waals surface area contributed by atoms with E-state index in [-0.39, 0.29) is 37.3 Å². The third kappa shape index (κ3) is 31.0. The number of phosphoric ester groups is 2. The first-order chi connectivity index (χ1) is 36.3. The number of ether oxygens (including phenoxy) is 3. The van der Waals surface area contributed by atoms with Crippen molar-refractivity contribution in [2.75, 3.05) is 31.3 Å². The smallest absolute Gasteiger partial charge is 0.481 e. The molecule has 1 aromatic heterocycles. The van der Waals surface area contributed by atoms with Gasteiger partial charge in [-0.25, -0.2) is 13.9 Å². The lowest BCUT2D eigenvalue weighted by Gasteiger charge is -2.23. The lowest BCUT2D eigenvalue weighted by Crippen LogP contribution is -2.38. The van der Waals surface area contributed by atoms with Crippen molar-refractivity contribution in [2.45, 2.75) is 190 Å². The van der Waals surface area contributed by atoms with E-state index in [1.54, 1.807) is 18.2 Å². The van der Waals surface area contributed by atoms with Crippen molar-refractivity contribution < 1.29 is 81.3 Å². The van der Waals surface area contributed by atoms with E-state index in [4.69, 9.17) is 39.8 Å². The van der Waals surface area contributed by atoms with Gasteiger partial charge in [0, 0.05) is 30.0 Å². The molecule has 2 rings (SSSR count). The molecule has 0 aromatic carbocycles. The van der Waals surface area contributed by atoms with Crippen molar-refractivity contribution in [3.05, 3.63) is 83.5 Å². The Balaban J connectivity index is 2.06. The van der Waals surface area contributed by atoms with Crippen LogP contribution in [0, 0.1) is 0 Å². The normalized spacial score (nSPS) is 20.4. The first-order valence-corrected chi connectivity index (χ1v) is 30.3. The number of phosphoric acid groups is 2. The van der Waals surface area contributed by atoms with Crippen molar-refractivity contribution >= 4 is 51.1 Å². The van der Waals surface area contributed by atoms with Crippen molar-refractivity contribution in [3.8, 4) is 0 Å². The molecule has 0 bridgehead atoms. The Labute approximate surface area is 451 Å². The van der Waals surface area contributed by atoms with Gasteiger partial charge in [0.1, 0.15) is 36.8 Å². The highest BCUT2D eigenvalue weighted by molar-refractivity contribution is 8.00. The Kier molecular flexibility index (Phi) is 35.5. The monoisotopic (exact) mass is 1130 g/mol. The zero-order chi connectivity index (χ0) is 56.2. The highest BCUT2D eigenvalue weighted by atomic mass is 32.2. The summed E-state index contributed by atoms with van der Waals surface area (Å²) < 4.78 is 56.9. The van der Waals surface area contributed by atoms with E-state index in [1.165, 1.54) is 44.6 Å². The number of unbranched alkanes of at least 4 members (excludes halogenated alkanes) is 12. The molecule has 2 unspecified atom stereocenters. The Morgan fingerprint density at radius 2 is 1.43 bits per heavy atom. The molecule has 10 N–H and O–H groups in total. The molecule has 22 nitrogen and oxygen atoms in total. The summed E-state index contributed by atoms with van der Waals surface area (Å²) in [6.45, 7) is 1.59. The molecule has 0 aliphatic carbocycles. The summed E-state index contributed by atoms with van der Waals surface area (Å²) in [4.78, 5) is 73.9. The molecule has 0 saturated carbocycles. The number of aliphatic hydroxyl groups excluding tert-OH is 3. The minimum absolute atomic E-state index is 0.0644. The molecular weight excluding hydrogens is 1050 g/mol. The number of thioether (sulfide) groups is 1. The second-order valence-corrected chi connectivity index (χ2v) is 22.5. The largest absolute Gasteiger partial charge is 0.481 e. The maximum Gasteiger partial charge on any atom is 0.481 e. The van der Waals surface area contributed by atoms with Gasteiger partial charge in [-0.2, -0.15) is 9.29 Å². The van der Waals surface area contributed by atoms with Crippen LogP contribution in [-0.2, 0) is 51.1 Å². The number of aliphatic hydroxyl groups is 3. The summed E-state index contributed by atoms with van der Waals surface area (Å²) in [7, 11) is -11.1. The molecule has 1 fully saturated rings. The van der Waals surface area contributed by atoms with Crippen LogP contribution in [0.3, 0.4) is 0 Å². The Bertz CT molecular complexity index is 2140. The number of rotatable bonds is 43. The maximum absolute atomic E-state index is 13.2. The van der Waals surface area contributed by atoms with E-state index in [1.807, 2.05) is 18.2 Å². The van der Waals surface area contributed by atoms with Crippen LogP contribution < -0.4 is 17.2 Å². The molecule has 0 amide bonds. The lowest BCUT2D eigenvalue weighted by molar-refractivity contribution is -0.161. The highest BCUT2D eigenvalue weighted by Gasteiger charge is 2.46. The molecule has 10 atom stereocenters. The van der Waals surface area contributed by atoms with Gasteiger partial charge in [-0.3, -0.25) is 28.0 Å². The van der Waals surface area contributed by atoms with Gasteiger partial charge in [0.2, 0.25) is 0 Å². The molecule has 1 aliphatic rings. The van der Waals surface area contributed by atoms with Gasteiger partial charge in [-0.05, 0) is 70.3 Å². The first kappa shape index (κ1) is 68.3. The quantitative estimate of drug-likeness (QED) is 0.0102. The number of hydrogen-bond donors (Lipinski definition) is 8. The molecule has 25 heteroatoms. The van der Waals surface area contributed by atoms with E-state index >= 15 is 0 Å². The average molecular weight is 1140 g/mol.